The van der Waals surface area contributed by atoms with Gasteiger partial charge in [0.15, 0.2) is 0 Å². The third kappa shape index (κ3) is 3.60. The van der Waals surface area contributed by atoms with E-state index in [9.17, 15) is 4.79 Å². The molecule has 0 bridgehead atoms. The van der Waals surface area contributed by atoms with E-state index in [1.165, 1.54) is 0 Å². The molecule has 0 saturated carbocycles. The summed E-state index contributed by atoms with van der Waals surface area (Å²) in [5.74, 6) is 1.55. The number of hydrogen-bond acceptors (Lipinski definition) is 5. The van der Waals surface area contributed by atoms with Crippen LogP contribution in [0.1, 0.15) is 18.6 Å². The van der Waals surface area contributed by atoms with Gasteiger partial charge in [-0.3, -0.25) is 4.79 Å². The van der Waals surface area contributed by atoms with Crippen LogP contribution in [0.15, 0.2) is 47.1 Å². The summed E-state index contributed by atoms with van der Waals surface area (Å²) in [6, 6.07) is 11.3. The summed E-state index contributed by atoms with van der Waals surface area (Å²) in [6.07, 6.45) is 2.98. The zero-order valence-electron chi connectivity index (χ0n) is 14.0. The smallest absolute Gasteiger partial charge is 0.220 e. The summed E-state index contributed by atoms with van der Waals surface area (Å²) in [5, 5.41) is 7.52. The molecule has 2 aromatic heterocycles. The number of carbonyl (C=O) groups excluding carboxylic acids is 1. The predicted octanol–water partition coefficient (Wildman–Crippen LogP) is 3.75. The Morgan fingerprint density at radius 2 is 2.27 bits per heavy atom. The molecule has 1 amide bonds. The summed E-state index contributed by atoms with van der Waals surface area (Å²) in [4.78, 5) is 15.8. The number of halogens is 1. The van der Waals surface area contributed by atoms with Gasteiger partial charge >= 0.3 is 0 Å². The average molecular weight is 372 g/mol. The molecule has 2 N–H and O–H groups in total. The number of benzene rings is 1. The molecule has 3 heterocycles. The van der Waals surface area contributed by atoms with Crippen molar-refractivity contribution >= 4 is 34.1 Å². The maximum absolute atomic E-state index is 11.3. The van der Waals surface area contributed by atoms with Gasteiger partial charge < -0.3 is 19.8 Å². The van der Waals surface area contributed by atoms with E-state index in [0.29, 0.717) is 36.0 Å². The largest absolute Gasteiger partial charge is 0.489 e. The van der Waals surface area contributed by atoms with Gasteiger partial charge in [0.05, 0.1) is 18.8 Å². The topological polar surface area (TPSA) is 76.4 Å². The number of furan rings is 1. The van der Waals surface area contributed by atoms with Crippen LogP contribution >= 0.6 is 11.6 Å². The van der Waals surface area contributed by atoms with Gasteiger partial charge in [0.25, 0.3) is 0 Å². The van der Waals surface area contributed by atoms with Gasteiger partial charge in [0, 0.05) is 17.5 Å². The molecule has 1 saturated heterocycles. The Hall–Kier alpha value is -2.73. The maximum Gasteiger partial charge on any atom is 0.220 e. The minimum Gasteiger partial charge on any atom is -0.489 e. The van der Waals surface area contributed by atoms with Crippen LogP contribution in [0.5, 0.6) is 5.75 Å². The summed E-state index contributed by atoms with van der Waals surface area (Å²) >= 11 is 6.22. The molecule has 0 spiro atoms. The Bertz CT molecular complexity index is 927. The lowest BCUT2D eigenvalue weighted by Crippen LogP contribution is -2.30. The van der Waals surface area contributed by atoms with Crippen LogP contribution in [0.2, 0.25) is 5.15 Å². The number of rotatable bonds is 6. The number of pyridine rings is 1. The van der Waals surface area contributed by atoms with Crippen LogP contribution in [0.3, 0.4) is 0 Å². The number of amides is 1. The second-order valence-corrected chi connectivity index (χ2v) is 6.58. The quantitative estimate of drug-likeness (QED) is 0.645. The first-order chi connectivity index (χ1) is 12.7. The van der Waals surface area contributed by atoms with Gasteiger partial charge in [-0.25, -0.2) is 4.98 Å². The van der Waals surface area contributed by atoms with Gasteiger partial charge in [0.1, 0.15) is 28.8 Å². The fourth-order valence-corrected chi connectivity index (χ4v) is 3.24. The number of nitrogens with one attached hydrogen (secondary N) is 2. The molecular weight excluding hydrogens is 354 g/mol. The monoisotopic (exact) mass is 371 g/mol. The molecule has 1 atom stereocenters. The van der Waals surface area contributed by atoms with E-state index in [-0.39, 0.29) is 11.9 Å². The molecule has 6 nitrogen and oxygen atoms in total. The molecular formula is C19H18ClN3O3. The molecule has 1 unspecified atom stereocenters. The second kappa shape index (κ2) is 7.25. The molecule has 1 aliphatic rings. The van der Waals surface area contributed by atoms with Crippen molar-refractivity contribution in [2.24, 2.45) is 0 Å². The highest BCUT2D eigenvalue weighted by Gasteiger charge is 2.21. The van der Waals surface area contributed by atoms with Crippen LogP contribution in [0.25, 0.3) is 10.9 Å². The highest BCUT2D eigenvalue weighted by molar-refractivity contribution is 6.30. The lowest BCUT2D eigenvalue weighted by atomic mass is 10.1. The SMILES string of the molecule is O=C1CCC(COc2cccc3c(NCc4ccco4)cc(Cl)nc23)N1. The van der Waals surface area contributed by atoms with Crippen LogP contribution in [-0.4, -0.2) is 23.5 Å². The Labute approximate surface area is 155 Å². The summed E-state index contributed by atoms with van der Waals surface area (Å²) in [5.41, 5.74) is 1.54. The first-order valence-corrected chi connectivity index (χ1v) is 8.84. The molecule has 26 heavy (non-hydrogen) atoms. The van der Waals surface area contributed by atoms with Crippen LogP contribution < -0.4 is 15.4 Å². The van der Waals surface area contributed by atoms with Crippen LogP contribution in [0, 0.1) is 0 Å². The summed E-state index contributed by atoms with van der Waals surface area (Å²) in [6.45, 7) is 0.954. The zero-order valence-corrected chi connectivity index (χ0v) is 14.8. The lowest BCUT2D eigenvalue weighted by Gasteiger charge is -2.15. The highest BCUT2D eigenvalue weighted by Crippen LogP contribution is 2.32. The predicted molar refractivity (Wildman–Crippen MR) is 99.4 cm³/mol. The number of nitrogens with zero attached hydrogens (tertiary/aromatic N) is 1. The van der Waals surface area contributed by atoms with Crippen molar-refractivity contribution in [3.8, 4) is 5.75 Å². The van der Waals surface area contributed by atoms with E-state index >= 15 is 0 Å². The Balaban J connectivity index is 1.57. The molecule has 3 aromatic rings. The van der Waals surface area contributed by atoms with E-state index in [4.69, 9.17) is 20.8 Å². The molecule has 4 rings (SSSR count). The van der Waals surface area contributed by atoms with Crippen molar-refractivity contribution in [1.82, 2.24) is 10.3 Å². The molecule has 0 radical (unpaired) electrons. The standard InChI is InChI=1S/C19H18ClN3O3/c20-17-9-15(21-10-13-3-2-8-25-13)14-4-1-5-16(19(14)23-17)26-11-12-6-7-18(24)22-12/h1-5,8-9,12H,6-7,10-11H2,(H,21,23)(H,22,24). The number of anilines is 1. The third-order valence-corrected chi connectivity index (χ3v) is 4.52. The van der Waals surface area contributed by atoms with Crippen molar-refractivity contribution in [3.63, 3.8) is 0 Å². The Kier molecular flexibility index (Phi) is 4.67. The van der Waals surface area contributed by atoms with Gasteiger partial charge in [-0.05, 0) is 30.7 Å². The van der Waals surface area contributed by atoms with E-state index < -0.39 is 0 Å². The number of ether oxygens (including phenoxy) is 1. The fourth-order valence-electron chi connectivity index (χ4n) is 3.04. The third-order valence-electron chi connectivity index (χ3n) is 4.33. The van der Waals surface area contributed by atoms with Crippen molar-refractivity contribution in [1.29, 1.82) is 0 Å². The van der Waals surface area contributed by atoms with Crippen LogP contribution in [-0.2, 0) is 11.3 Å². The fraction of sp³-hybridized carbons (Fsp3) is 0.263. The molecule has 1 aromatic carbocycles. The summed E-state index contributed by atoms with van der Waals surface area (Å²) < 4.78 is 11.3. The van der Waals surface area contributed by atoms with Crippen molar-refractivity contribution < 1.29 is 13.9 Å². The van der Waals surface area contributed by atoms with E-state index in [2.05, 4.69) is 15.6 Å². The van der Waals surface area contributed by atoms with Crippen LogP contribution in [0.4, 0.5) is 5.69 Å². The van der Waals surface area contributed by atoms with Gasteiger partial charge in [-0.1, -0.05) is 23.7 Å². The number of para-hydroxylation sites is 1. The molecule has 1 fully saturated rings. The minimum atomic E-state index is 0.0356. The highest BCUT2D eigenvalue weighted by atomic mass is 35.5. The first-order valence-electron chi connectivity index (χ1n) is 8.47. The second-order valence-electron chi connectivity index (χ2n) is 6.19. The number of fused-ring (bicyclic) bond motifs is 1. The molecule has 0 aliphatic carbocycles. The normalized spacial score (nSPS) is 16.7. The lowest BCUT2D eigenvalue weighted by molar-refractivity contribution is -0.119. The van der Waals surface area contributed by atoms with Crippen molar-refractivity contribution in [3.05, 3.63) is 53.6 Å². The zero-order chi connectivity index (χ0) is 17.9. The Morgan fingerprint density at radius 3 is 3.04 bits per heavy atom. The molecule has 134 valence electrons. The number of hydrogen-bond donors (Lipinski definition) is 2. The Morgan fingerprint density at radius 1 is 1.35 bits per heavy atom. The van der Waals surface area contributed by atoms with Crippen molar-refractivity contribution in [2.75, 3.05) is 11.9 Å². The summed E-state index contributed by atoms with van der Waals surface area (Å²) in [7, 11) is 0. The number of aromatic nitrogens is 1. The van der Waals surface area contributed by atoms with Gasteiger partial charge in [-0.15, -0.1) is 0 Å². The molecule has 1 aliphatic heterocycles. The van der Waals surface area contributed by atoms with Gasteiger partial charge in [0.2, 0.25) is 5.91 Å². The van der Waals surface area contributed by atoms with E-state index in [0.717, 1.165) is 23.3 Å². The van der Waals surface area contributed by atoms with E-state index in [1.807, 2.05) is 30.3 Å². The minimum absolute atomic E-state index is 0.0356. The average Bonchev–Trinajstić information content (AvgIpc) is 3.29. The number of carbonyl (C=O) groups is 1. The van der Waals surface area contributed by atoms with E-state index in [1.54, 1.807) is 12.3 Å². The van der Waals surface area contributed by atoms with Crippen molar-refractivity contribution in [2.45, 2.75) is 25.4 Å². The van der Waals surface area contributed by atoms with Gasteiger partial charge in [-0.2, -0.15) is 0 Å². The first kappa shape index (κ1) is 16.7. The maximum atomic E-state index is 11.3. The molecule has 7 heteroatoms.